The van der Waals surface area contributed by atoms with Gasteiger partial charge in [0.2, 0.25) is 0 Å². The van der Waals surface area contributed by atoms with E-state index in [1.165, 1.54) is 0 Å². The van der Waals surface area contributed by atoms with E-state index in [0.29, 0.717) is 30.9 Å². The van der Waals surface area contributed by atoms with Gasteiger partial charge in [0.25, 0.3) is 0 Å². The summed E-state index contributed by atoms with van der Waals surface area (Å²) in [5, 5.41) is 12.4. The minimum Gasteiger partial charge on any atom is -0.384 e. The number of ketones is 1. The summed E-state index contributed by atoms with van der Waals surface area (Å²) in [4.78, 5) is 16.9. The van der Waals surface area contributed by atoms with Gasteiger partial charge < -0.3 is 5.73 Å². The lowest BCUT2D eigenvalue weighted by atomic mass is 10.0. The van der Waals surface area contributed by atoms with Crippen LogP contribution < -0.4 is 5.73 Å². The summed E-state index contributed by atoms with van der Waals surface area (Å²) >= 11 is 0. The van der Waals surface area contributed by atoms with Crippen LogP contribution in [0.1, 0.15) is 39.3 Å². The first-order chi connectivity index (χ1) is 14.5. The van der Waals surface area contributed by atoms with Crippen LogP contribution in [0, 0.1) is 13.8 Å². The van der Waals surface area contributed by atoms with Crippen molar-refractivity contribution in [3.05, 3.63) is 83.1 Å². The summed E-state index contributed by atoms with van der Waals surface area (Å²) in [6.45, 7) is 4.44. The molecule has 0 aliphatic carbocycles. The Morgan fingerprint density at radius 1 is 1.17 bits per heavy atom. The average molecular weight is 401 g/mol. The Labute approximate surface area is 174 Å². The minimum atomic E-state index is -0.0362. The number of nitrogens with two attached hydrogens (primary N) is 1. The molecule has 0 radical (unpaired) electrons. The number of pyridine rings is 1. The van der Waals surface area contributed by atoms with Crippen molar-refractivity contribution in [2.24, 2.45) is 0 Å². The third-order valence-corrected chi connectivity index (χ3v) is 5.05. The lowest BCUT2D eigenvalue weighted by Gasteiger charge is -2.09. The average Bonchev–Trinajstić information content (AvgIpc) is 3.40. The molecule has 1 aromatic carbocycles. The van der Waals surface area contributed by atoms with Crippen molar-refractivity contribution in [2.75, 3.05) is 5.73 Å². The quantitative estimate of drug-likeness (QED) is 0.478. The van der Waals surface area contributed by atoms with E-state index in [-0.39, 0.29) is 5.78 Å². The van der Waals surface area contributed by atoms with Crippen LogP contribution in [0.5, 0.6) is 0 Å². The summed E-state index contributed by atoms with van der Waals surface area (Å²) in [6.07, 6.45) is 6.29. The second kappa shape index (κ2) is 8.28. The fourth-order valence-corrected chi connectivity index (χ4v) is 3.50. The van der Waals surface area contributed by atoms with Crippen LogP contribution in [0.15, 0.2) is 55.0 Å². The molecule has 0 saturated carbocycles. The minimum absolute atomic E-state index is 0.0362. The molecule has 30 heavy (non-hydrogen) atoms. The molecular formula is C22H23N7O. The first-order valence-corrected chi connectivity index (χ1v) is 9.74. The van der Waals surface area contributed by atoms with Gasteiger partial charge in [-0.3, -0.25) is 4.79 Å². The number of hydrogen-bond donors (Lipinski definition) is 1. The molecule has 0 fully saturated rings. The zero-order valence-corrected chi connectivity index (χ0v) is 17.0. The van der Waals surface area contributed by atoms with Crippen molar-refractivity contribution < 1.29 is 4.79 Å². The second-order valence-electron chi connectivity index (χ2n) is 7.27. The van der Waals surface area contributed by atoms with Gasteiger partial charge in [-0.25, -0.2) is 14.3 Å². The smallest absolute Gasteiger partial charge is 0.185 e. The van der Waals surface area contributed by atoms with E-state index in [1.54, 1.807) is 21.8 Å². The summed E-state index contributed by atoms with van der Waals surface area (Å²) in [7, 11) is 0. The van der Waals surface area contributed by atoms with Crippen molar-refractivity contribution in [1.29, 1.82) is 0 Å². The monoisotopic (exact) mass is 401 g/mol. The lowest BCUT2D eigenvalue weighted by molar-refractivity contribution is 0.0978. The zero-order valence-electron chi connectivity index (χ0n) is 17.0. The lowest BCUT2D eigenvalue weighted by Crippen LogP contribution is -2.06. The van der Waals surface area contributed by atoms with Crippen LogP contribution in [0.4, 0.5) is 5.82 Å². The predicted octanol–water partition coefficient (Wildman–Crippen LogP) is 2.92. The van der Waals surface area contributed by atoms with Gasteiger partial charge in [-0.05, 0) is 61.2 Å². The maximum absolute atomic E-state index is 12.6. The molecule has 0 spiro atoms. The molecule has 0 atom stereocenters. The van der Waals surface area contributed by atoms with Crippen molar-refractivity contribution in [2.45, 2.75) is 33.2 Å². The van der Waals surface area contributed by atoms with E-state index in [1.807, 2.05) is 56.4 Å². The predicted molar refractivity (Wildman–Crippen MR) is 113 cm³/mol. The molecule has 0 amide bonds. The van der Waals surface area contributed by atoms with Crippen LogP contribution in [0.3, 0.4) is 0 Å². The topological polar surface area (TPSA) is 105 Å². The van der Waals surface area contributed by atoms with Crippen LogP contribution in [-0.4, -0.2) is 35.5 Å². The van der Waals surface area contributed by atoms with Crippen LogP contribution in [-0.2, 0) is 13.0 Å². The number of nitrogens with zero attached hydrogens (tertiary/aromatic N) is 6. The maximum Gasteiger partial charge on any atom is 0.185 e. The van der Waals surface area contributed by atoms with Gasteiger partial charge in [-0.2, -0.15) is 5.10 Å². The summed E-state index contributed by atoms with van der Waals surface area (Å²) < 4.78 is 3.48. The Morgan fingerprint density at radius 3 is 2.67 bits per heavy atom. The van der Waals surface area contributed by atoms with Crippen molar-refractivity contribution in [3.8, 4) is 5.69 Å². The number of hydrogen-bond acceptors (Lipinski definition) is 6. The molecule has 8 nitrogen and oxygen atoms in total. The number of Topliss-reactive ketones (excluding diaryl/α,β-unsaturated/α-hetero) is 1. The van der Waals surface area contributed by atoms with Gasteiger partial charge in [0, 0.05) is 24.5 Å². The van der Waals surface area contributed by atoms with Gasteiger partial charge in [0.05, 0.1) is 18.4 Å². The number of carbonyl (C=O) groups is 1. The number of anilines is 1. The Balaban J connectivity index is 1.38. The summed E-state index contributed by atoms with van der Waals surface area (Å²) in [6, 6.07) is 11.7. The Hall–Kier alpha value is -3.81. The molecule has 0 aliphatic rings. The molecule has 2 N–H and O–H groups in total. The molecule has 0 bridgehead atoms. The largest absolute Gasteiger partial charge is 0.384 e. The first-order valence-electron chi connectivity index (χ1n) is 9.74. The molecule has 0 saturated heterocycles. The number of carbonyl (C=O) groups excluding carboxylic acids is 1. The Morgan fingerprint density at radius 2 is 1.97 bits per heavy atom. The van der Waals surface area contributed by atoms with Crippen molar-refractivity contribution in [3.63, 3.8) is 0 Å². The zero-order chi connectivity index (χ0) is 21.1. The molecule has 8 heteroatoms. The standard InChI is InChI=1S/C22H23N7O/c1-15-12-22(23)25-16(2)19(15)8-9-21(30)20-14-28(27-26-20)13-17-4-6-18(7-5-17)29-11-3-10-24-29/h3-7,10-12,14H,8-9,13H2,1-2H3,(H2,23,25). The highest BCUT2D eigenvalue weighted by atomic mass is 16.1. The van der Waals surface area contributed by atoms with Gasteiger partial charge in [-0.1, -0.05) is 17.3 Å². The fraction of sp³-hybridized carbons (Fsp3) is 0.227. The number of aryl methyl sites for hydroxylation is 2. The van der Waals surface area contributed by atoms with Crippen LogP contribution in [0.25, 0.3) is 5.69 Å². The Kier molecular flexibility index (Phi) is 5.38. The highest BCUT2D eigenvalue weighted by molar-refractivity contribution is 5.94. The molecule has 3 aromatic heterocycles. The summed E-state index contributed by atoms with van der Waals surface area (Å²) in [5.74, 6) is 0.464. The van der Waals surface area contributed by atoms with Gasteiger partial charge in [0.15, 0.2) is 5.78 Å². The van der Waals surface area contributed by atoms with Crippen LogP contribution >= 0.6 is 0 Å². The number of benzene rings is 1. The van der Waals surface area contributed by atoms with E-state index < -0.39 is 0 Å². The fourth-order valence-electron chi connectivity index (χ4n) is 3.50. The third-order valence-electron chi connectivity index (χ3n) is 5.05. The number of aromatic nitrogens is 6. The normalized spacial score (nSPS) is 11.0. The number of nitrogen functional groups attached to an aromatic ring is 1. The molecule has 152 valence electrons. The van der Waals surface area contributed by atoms with E-state index in [4.69, 9.17) is 5.73 Å². The van der Waals surface area contributed by atoms with E-state index >= 15 is 0 Å². The first kappa shape index (κ1) is 19.5. The third kappa shape index (κ3) is 4.27. The summed E-state index contributed by atoms with van der Waals surface area (Å²) in [5.41, 5.74) is 11.2. The van der Waals surface area contributed by atoms with E-state index in [2.05, 4.69) is 20.4 Å². The highest BCUT2D eigenvalue weighted by Crippen LogP contribution is 2.17. The molecule has 4 aromatic rings. The van der Waals surface area contributed by atoms with Crippen molar-refractivity contribution >= 4 is 11.6 Å². The van der Waals surface area contributed by atoms with Gasteiger partial charge >= 0.3 is 0 Å². The Bertz CT molecular complexity index is 1140. The molecule has 3 heterocycles. The molecule has 0 aliphatic heterocycles. The molecular weight excluding hydrogens is 378 g/mol. The van der Waals surface area contributed by atoms with E-state index in [0.717, 1.165) is 28.1 Å². The molecule has 4 rings (SSSR count). The molecule has 0 unspecified atom stereocenters. The second-order valence-corrected chi connectivity index (χ2v) is 7.27. The SMILES string of the molecule is Cc1cc(N)nc(C)c1CCC(=O)c1cn(Cc2ccc(-n3cccn3)cc2)nn1. The number of rotatable bonds is 7. The van der Waals surface area contributed by atoms with Crippen molar-refractivity contribution in [1.82, 2.24) is 29.8 Å². The van der Waals surface area contributed by atoms with E-state index in [9.17, 15) is 4.79 Å². The van der Waals surface area contributed by atoms with Gasteiger partial charge in [0.1, 0.15) is 11.5 Å². The van der Waals surface area contributed by atoms with Gasteiger partial charge in [-0.15, -0.1) is 5.10 Å². The van der Waals surface area contributed by atoms with Crippen LogP contribution in [0.2, 0.25) is 0 Å². The highest BCUT2D eigenvalue weighted by Gasteiger charge is 2.14. The maximum atomic E-state index is 12.6.